The van der Waals surface area contributed by atoms with Gasteiger partial charge in [0.2, 0.25) is 0 Å². The Labute approximate surface area is 130 Å². The number of hydrogen-bond acceptors (Lipinski definition) is 2. The van der Waals surface area contributed by atoms with Crippen molar-refractivity contribution in [3.63, 3.8) is 0 Å². The van der Waals surface area contributed by atoms with Gasteiger partial charge in [0.15, 0.2) is 0 Å². The maximum Gasteiger partial charge on any atom is 0.0535 e. The van der Waals surface area contributed by atoms with E-state index in [1.807, 2.05) is 0 Å². The summed E-state index contributed by atoms with van der Waals surface area (Å²) in [4.78, 5) is 2.73. The highest BCUT2D eigenvalue weighted by Crippen LogP contribution is 2.28. The van der Waals surface area contributed by atoms with Gasteiger partial charge < -0.3 is 5.32 Å². The van der Waals surface area contributed by atoms with Crippen LogP contribution in [0.5, 0.6) is 0 Å². The maximum absolute atomic E-state index is 3.82. The van der Waals surface area contributed by atoms with Crippen LogP contribution in [0.4, 0.5) is 0 Å². The molecule has 1 aromatic rings. The van der Waals surface area contributed by atoms with Crippen LogP contribution in [-0.2, 0) is 5.54 Å². The van der Waals surface area contributed by atoms with Crippen molar-refractivity contribution in [2.24, 2.45) is 5.92 Å². The molecule has 0 spiro atoms. The third-order valence-electron chi connectivity index (χ3n) is 4.79. The monoisotopic (exact) mass is 288 g/mol. The summed E-state index contributed by atoms with van der Waals surface area (Å²) in [5.41, 5.74) is 1.50. The van der Waals surface area contributed by atoms with Crippen LogP contribution in [0.2, 0.25) is 0 Å². The van der Waals surface area contributed by atoms with Gasteiger partial charge in [-0.3, -0.25) is 4.90 Å². The summed E-state index contributed by atoms with van der Waals surface area (Å²) in [6.07, 6.45) is 3.87. The molecule has 0 amide bonds. The molecular formula is C19H32N2. The Morgan fingerprint density at radius 1 is 1.29 bits per heavy atom. The Morgan fingerprint density at radius 2 is 2.00 bits per heavy atom. The first-order valence-electron chi connectivity index (χ1n) is 8.59. The molecule has 1 aromatic carbocycles. The molecule has 1 N–H and O–H groups in total. The number of nitrogens with one attached hydrogen (secondary N) is 1. The van der Waals surface area contributed by atoms with Crippen LogP contribution in [0, 0.1) is 5.92 Å². The standard InChI is InChI=1S/C19H32N2/c1-5-9-18-14-20-19(4,17-10-7-6-8-11-17)15-21(18)13-12-16(2)3/h6-8,10-11,16,18,20H,5,9,12-15H2,1-4H3. The molecule has 2 heteroatoms. The first-order chi connectivity index (χ1) is 10.0. The van der Waals surface area contributed by atoms with Crippen LogP contribution in [0.25, 0.3) is 0 Å². The zero-order chi connectivity index (χ0) is 15.3. The topological polar surface area (TPSA) is 15.3 Å². The summed E-state index contributed by atoms with van der Waals surface area (Å²) < 4.78 is 0. The lowest BCUT2D eigenvalue weighted by Crippen LogP contribution is -2.61. The van der Waals surface area contributed by atoms with Gasteiger partial charge in [0.05, 0.1) is 5.54 Å². The molecule has 1 fully saturated rings. The first-order valence-corrected chi connectivity index (χ1v) is 8.59. The molecule has 1 aliphatic rings. The molecule has 0 bridgehead atoms. The van der Waals surface area contributed by atoms with E-state index in [4.69, 9.17) is 0 Å². The fourth-order valence-corrected chi connectivity index (χ4v) is 3.37. The average molecular weight is 288 g/mol. The molecule has 21 heavy (non-hydrogen) atoms. The van der Waals surface area contributed by atoms with Crippen molar-refractivity contribution in [1.82, 2.24) is 10.2 Å². The zero-order valence-corrected chi connectivity index (χ0v) is 14.2. The molecule has 1 saturated heterocycles. The van der Waals surface area contributed by atoms with Gasteiger partial charge in [-0.15, -0.1) is 0 Å². The number of nitrogens with zero attached hydrogens (tertiary/aromatic N) is 1. The van der Waals surface area contributed by atoms with E-state index >= 15 is 0 Å². The number of rotatable bonds is 6. The molecule has 2 unspecified atom stereocenters. The van der Waals surface area contributed by atoms with Gasteiger partial charge in [-0.1, -0.05) is 57.5 Å². The zero-order valence-electron chi connectivity index (χ0n) is 14.2. The van der Waals surface area contributed by atoms with Gasteiger partial charge >= 0.3 is 0 Å². The summed E-state index contributed by atoms with van der Waals surface area (Å²) in [7, 11) is 0. The first kappa shape index (κ1) is 16.5. The van der Waals surface area contributed by atoms with E-state index in [1.54, 1.807) is 0 Å². The quantitative estimate of drug-likeness (QED) is 0.850. The number of benzene rings is 1. The lowest BCUT2D eigenvalue weighted by Gasteiger charge is -2.47. The summed E-state index contributed by atoms with van der Waals surface area (Å²) >= 11 is 0. The minimum absolute atomic E-state index is 0.0858. The van der Waals surface area contributed by atoms with E-state index in [1.165, 1.54) is 31.4 Å². The smallest absolute Gasteiger partial charge is 0.0535 e. The van der Waals surface area contributed by atoms with Crippen molar-refractivity contribution in [2.75, 3.05) is 19.6 Å². The van der Waals surface area contributed by atoms with Gasteiger partial charge in [0, 0.05) is 19.1 Å². The minimum Gasteiger partial charge on any atom is -0.305 e. The Kier molecular flexibility index (Phi) is 5.83. The Hall–Kier alpha value is -0.860. The highest BCUT2D eigenvalue weighted by Gasteiger charge is 2.36. The molecule has 2 atom stereocenters. The lowest BCUT2D eigenvalue weighted by atomic mass is 9.87. The Morgan fingerprint density at radius 3 is 2.62 bits per heavy atom. The fraction of sp³-hybridized carbons (Fsp3) is 0.684. The van der Waals surface area contributed by atoms with E-state index in [0.717, 1.165) is 19.0 Å². The van der Waals surface area contributed by atoms with Crippen molar-refractivity contribution >= 4 is 0 Å². The highest BCUT2D eigenvalue weighted by atomic mass is 15.2. The second-order valence-corrected chi connectivity index (χ2v) is 7.17. The van der Waals surface area contributed by atoms with Crippen molar-refractivity contribution in [3.05, 3.63) is 35.9 Å². The fourth-order valence-electron chi connectivity index (χ4n) is 3.37. The maximum atomic E-state index is 3.82. The third-order valence-corrected chi connectivity index (χ3v) is 4.79. The average Bonchev–Trinajstić information content (AvgIpc) is 2.49. The molecule has 2 rings (SSSR count). The normalized spacial score (nSPS) is 27.2. The van der Waals surface area contributed by atoms with Crippen LogP contribution >= 0.6 is 0 Å². The van der Waals surface area contributed by atoms with Crippen molar-refractivity contribution in [3.8, 4) is 0 Å². The van der Waals surface area contributed by atoms with Crippen molar-refractivity contribution in [2.45, 2.75) is 58.5 Å². The van der Waals surface area contributed by atoms with Crippen LogP contribution in [0.15, 0.2) is 30.3 Å². The summed E-state index contributed by atoms with van der Waals surface area (Å²) in [5.74, 6) is 0.783. The largest absolute Gasteiger partial charge is 0.305 e. The van der Waals surface area contributed by atoms with Crippen molar-refractivity contribution in [1.29, 1.82) is 0 Å². The molecule has 1 aliphatic heterocycles. The Balaban J connectivity index is 2.10. The van der Waals surface area contributed by atoms with Crippen LogP contribution in [0.3, 0.4) is 0 Å². The van der Waals surface area contributed by atoms with E-state index < -0.39 is 0 Å². The SMILES string of the molecule is CCCC1CNC(C)(c2ccccc2)CN1CCC(C)C. The molecular weight excluding hydrogens is 256 g/mol. The van der Waals surface area contributed by atoms with E-state index in [-0.39, 0.29) is 5.54 Å². The van der Waals surface area contributed by atoms with Crippen LogP contribution in [0.1, 0.15) is 52.5 Å². The molecule has 118 valence electrons. The minimum atomic E-state index is 0.0858. The predicted molar refractivity (Wildman–Crippen MR) is 91.5 cm³/mol. The second kappa shape index (κ2) is 7.42. The molecule has 0 saturated carbocycles. The van der Waals surface area contributed by atoms with Gasteiger partial charge in [0.25, 0.3) is 0 Å². The molecule has 0 aromatic heterocycles. The summed E-state index contributed by atoms with van der Waals surface area (Å²) in [6, 6.07) is 11.6. The Bertz CT molecular complexity index is 415. The summed E-state index contributed by atoms with van der Waals surface area (Å²) in [5, 5.41) is 3.82. The van der Waals surface area contributed by atoms with Crippen LogP contribution in [-0.4, -0.2) is 30.6 Å². The lowest BCUT2D eigenvalue weighted by molar-refractivity contribution is 0.0759. The van der Waals surface area contributed by atoms with Gasteiger partial charge in [-0.25, -0.2) is 0 Å². The third kappa shape index (κ3) is 4.31. The number of piperazine rings is 1. The van der Waals surface area contributed by atoms with Crippen LogP contribution < -0.4 is 5.32 Å². The highest BCUT2D eigenvalue weighted by molar-refractivity contribution is 5.25. The van der Waals surface area contributed by atoms with Gasteiger partial charge in [-0.2, -0.15) is 0 Å². The summed E-state index contributed by atoms with van der Waals surface area (Å²) in [6.45, 7) is 12.8. The molecule has 0 aliphatic carbocycles. The van der Waals surface area contributed by atoms with Gasteiger partial charge in [0.1, 0.15) is 0 Å². The van der Waals surface area contributed by atoms with Crippen molar-refractivity contribution < 1.29 is 0 Å². The second-order valence-electron chi connectivity index (χ2n) is 7.17. The molecule has 0 radical (unpaired) electrons. The molecule has 2 nitrogen and oxygen atoms in total. The van der Waals surface area contributed by atoms with Gasteiger partial charge in [-0.05, 0) is 37.8 Å². The predicted octanol–water partition coefficient (Wildman–Crippen LogP) is 4.02. The van der Waals surface area contributed by atoms with E-state index in [0.29, 0.717) is 6.04 Å². The molecule has 1 heterocycles. The van der Waals surface area contributed by atoms with E-state index in [9.17, 15) is 0 Å². The number of hydrogen-bond donors (Lipinski definition) is 1. The van der Waals surface area contributed by atoms with E-state index in [2.05, 4.69) is 68.2 Å².